The number of benzene rings is 2. The maximum absolute atomic E-state index is 11.7. The number of anilines is 2. The second-order valence-electron chi connectivity index (χ2n) is 12.5. The van der Waals surface area contributed by atoms with Gasteiger partial charge in [0.05, 0.1) is 30.4 Å². The van der Waals surface area contributed by atoms with Crippen molar-refractivity contribution in [1.82, 2.24) is 34.5 Å². The van der Waals surface area contributed by atoms with Crippen LogP contribution in [0.1, 0.15) is 29.4 Å². The van der Waals surface area contributed by atoms with Gasteiger partial charge in [-0.05, 0) is 61.4 Å². The molecule has 2 aromatic carbocycles. The fourth-order valence-corrected chi connectivity index (χ4v) is 6.97. The van der Waals surface area contributed by atoms with E-state index in [9.17, 15) is 4.79 Å². The maximum atomic E-state index is 11.7. The Bertz CT molecular complexity index is 1860. The molecule has 2 N–H and O–H groups in total. The van der Waals surface area contributed by atoms with Gasteiger partial charge in [0.1, 0.15) is 35.0 Å². The second kappa shape index (κ2) is 12.3. The van der Waals surface area contributed by atoms with Crippen molar-refractivity contribution in [2.24, 2.45) is 0 Å². The lowest BCUT2D eigenvalue weighted by Gasteiger charge is -2.55. The zero-order valence-corrected chi connectivity index (χ0v) is 26.3. The van der Waals surface area contributed by atoms with Gasteiger partial charge in [0.25, 0.3) is 0 Å². The van der Waals surface area contributed by atoms with Gasteiger partial charge in [0.15, 0.2) is 5.65 Å². The smallest absolute Gasteiger partial charge is 0.356 e. The van der Waals surface area contributed by atoms with Crippen molar-refractivity contribution in [2.45, 2.75) is 31.0 Å². The molecule has 3 saturated heterocycles. The zero-order chi connectivity index (χ0) is 31.9. The van der Waals surface area contributed by atoms with E-state index in [1.165, 1.54) is 13.4 Å². The van der Waals surface area contributed by atoms with Gasteiger partial charge in [-0.1, -0.05) is 18.2 Å². The molecule has 47 heavy (non-hydrogen) atoms. The number of pyridine rings is 1. The van der Waals surface area contributed by atoms with Gasteiger partial charge in [0, 0.05) is 56.9 Å². The molecule has 6 heterocycles. The second-order valence-corrected chi connectivity index (χ2v) is 12.5. The minimum Gasteiger partial charge on any atom is -0.464 e. The van der Waals surface area contributed by atoms with Crippen molar-refractivity contribution in [2.75, 3.05) is 57.0 Å². The van der Waals surface area contributed by atoms with Crippen LogP contribution in [0.25, 0.3) is 22.3 Å². The highest BCUT2D eigenvalue weighted by molar-refractivity contribution is 5.98. The van der Waals surface area contributed by atoms with Gasteiger partial charge in [0.2, 0.25) is 0 Å². The summed E-state index contributed by atoms with van der Waals surface area (Å²) in [6.07, 6.45) is 5.30. The van der Waals surface area contributed by atoms with Crippen LogP contribution in [-0.4, -0.2) is 99.0 Å². The molecule has 0 aliphatic carbocycles. The number of carbonyl (C=O) groups excluding carboxylic acids is 1. The molecule has 0 amide bonds. The van der Waals surface area contributed by atoms with Gasteiger partial charge in [-0.15, -0.1) is 0 Å². The summed E-state index contributed by atoms with van der Waals surface area (Å²) in [6, 6.07) is 22.7. The summed E-state index contributed by atoms with van der Waals surface area (Å²) in [4.78, 5) is 32.4. The lowest BCUT2D eigenvalue weighted by Crippen LogP contribution is -2.70. The van der Waals surface area contributed by atoms with Crippen LogP contribution in [0.4, 0.5) is 11.5 Å². The predicted molar refractivity (Wildman–Crippen MR) is 178 cm³/mol. The van der Waals surface area contributed by atoms with E-state index in [4.69, 9.17) is 20.3 Å². The molecule has 0 atom stereocenters. The normalized spacial score (nSPS) is 18.2. The van der Waals surface area contributed by atoms with Gasteiger partial charge in [-0.25, -0.2) is 24.4 Å². The number of rotatable bonds is 8. The molecule has 3 fully saturated rings. The van der Waals surface area contributed by atoms with Gasteiger partial charge >= 0.3 is 5.97 Å². The van der Waals surface area contributed by atoms with Crippen molar-refractivity contribution >= 4 is 28.5 Å². The molecular weight excluding hydrogens is 594 g/mol. The van der Waals surface area contributed by atoms with Gasteiger partial charge < -0.3 is 20.1 Å². The van der Waals surface area contributed by atoms with Crippen LogP contribution in [0.15, 0.2) is 79.3 Å². The van der Waals surface area contributed by atoms with E-state index >= 15 is 0 Å². The third kappa shape index (κ3) is 5.63. The number of carbonyl (C=O) groups is 1. The summed E-state index contributed by atoms with van der Waals surface area (Å²) in [7, 11) is 1.37. The first-order valence-corrected chi connectivity index (χ1v) is 16.1. The molecular formula is C35H37N9O3. The first-order valence-electron chi connectivity index (χ1n) is 16.1. The minimum atomic E-state index is -0.411. The Labute approximate surface area is 272 Å². The largest absolute Gasteiger partial charge is 0.464 e. The predicted octanol–water partition coefficient (Wildman–Crippen LogP) is 4.26. The summed E-state index contributed by atoms with van der Waals surface area (Å²) in [6.45, 7) is 6.23. The Morgan fingerprint density at radius 1 is 0.809 bits per heavy atom. The minimum absolute atomic E-state index is 0.244. The van der Waals surface area contributed by atoms with Crippen LogP contribution in [0.3, 0.4) is 0 Å². The van der Waals surface area contributed by atoms with Crippen LogP contribution in [0, 0.1) is 0 Å². The number of nitrogens with two attached hydrogens (primary N) is 1. The molecule has 0 bridgehead atoms. The number of likely N-dealkylation sites (tertiary alicyclic amines) is 2. The SMILES string of the molecule is COC(=O)c1ccc(N2CC(N3CC(N4CCC(n5nc(-c6ccc(Oc7ccccc7)cc6)c6c(N)ncnc65)CC4)C3)C2)cn1. The molecule has 12 heteroatoms. The lowest BCUT2D eigenvalue weighted by molar-refractivity contribution is -0.0160. The van der Waals surface area contributed by atoms with Crippen LogP contribution in [0.2, 0.25) is 0 Å². The zero-order valence-electron chi connectivity index (χ0n) is 26.3. The number of nitrogen functional groups attached to an aromatic ring is 1. The summed E-state index contributed by atoms with van der Waals surface area (Å²) in [5, 5.41) is 5.90. The van der Waals surface area contributed by atoms with Crippen molar-refractivity contribution in [3.8, 4) is 22.8 Å². The van der Waals surface area contributed by atoms with Crippen molar-refractivity contribution in [1.29, 1.82) is 0 Å². The fourth-order valence-electron chi connectivity index (χ4n) is 6.97. The number of fused-ring (bicyclic) bond motifs is 1. The maximum Gasteiger partial charge on any atom is 0.356 e. The highest BCUT2D eigenvalue weighted by Gasteiger charge is 2.42. The van der Waals surface area contributed by atoms with Gasteiger partial charge in [-0.2, -0.15) is 5.10 Å². The number of ether oxygens (including phenoxy) is 2. The fraction of sp³-hybridized carbons (Fsp3) is 0.343. The quantitative estimate of drug-likeness (QED) is 0.247. The topological polar surface area (TPSA) is 128 Å². The Kier molecular flexibility index (Phi) is 7.66. The van der Waals surface area contributed by atoms with Crippen LogP contribution >= 0.6 is 0 Å². The number of esters is 1. The number of hydrogen-bond acceptors (Lipinski definition) is 11. The van der Waals surface area contributed by atoms with E-state index in [-0.39, 0.29) is 6.04 Å². The average molecular weight is 632 g/mol. The average Bonchev–Trinajstić information content (AvgIpc) is 3.47. The third-order valence-corrected chi connectivity index (χ3v) is 9.76. The molecule has 0 spiro atoms. The van der Waals surface area contributed by atoms with Crippen molar-refractivity contribution in [3.63, 3.8) is 0 Å². The number of piperidine rings is 1. The third-order valence-electron chi connectivity index (χ3n) is 9.76. The Morgan fingerprint density at radius 2 is 1.53 bits per heavy atom. The number of para-hydroxylation sites is 1. The number of hydrogen-bond donors (Lipinski definition) is 1. The molecule has 0 radical (unpaired) electrons. The molecule has 3 aromatic heterocycles. The Morgan fingerprint density at radius 3 is 2.23 bits per heavy atom. The highest BCUT2D eigenvalue weighted by atomic mass is 16.5. The van der Waals surface area contributed by atoms with Crippen LogP contribution < -0.4 is 15.4 Å². The standard InChI is InChI=1S/C35H37N9O3/c1-46-35(45)30-12-9-25(17-37-30)42-20-27(21-42)43-18-26(19-43)41-15-13-24(14-16-41)44-34-31(33(36)38-22-39-34)32(40-44)23-7-10-29(11-8-23)47-28-5-3-2-4-6-28/h2-12,17,22,24,26-27H,13-16,18-21H2,1H3,(H2,36,38,39). The van der Waals surface area contributed by atoms with Gasteiger partial charge in [-0.3, -0.25) is 9.80 Å². The summed E-state index contributed by atoms with van der Waals surface area (Å²) >= 11 is 0. The Hall–Kier alpha value is -5.07. The molecule has 12 nitrogen and oxygen atoms in total. The number of nitrogens with zero attached hydrogens (tertiary/aromatic N) is 8. The monoisotopic (exact) mass is 631 g/mol. The van der Waals surface area contributed by atoms with Crippen LogP contribution in [-0.2, 0) is 4.74 Å². The molecule has 8 rings (SSSR count). The molecule has 0 unspecified atom stereocenters. The molecule has 3 aliphatic heterocycles. The summed E-state index contributed by atoms with van der Waals surface area (Å²) < 4.78 is 12.8. The van der Waals surface area contributed by atoms with Crippen LogP contribution in [0.5, 0.6) is 11.5 Å². The van der Waals surface area contributed by atoms with E-state index in [2.05, 4.69) is 34.3 Å². The Balaban J connectivity index is 0.875. The van der Waals surface area contributed by atoms with E-state index in [1.807, 2.05) is 60.7 Å². The van der Waals surface area contributed by atoms with Crippen molar-refractivity contribution in [3.05, 3.63) is 84.9 Å². The van der Waals surface area contributed by atoms with Crippen molar-refractivity contribution < 1.29 is 14.3 Å². The van der Waals surface area contributed by atoms with E-state index < -0.39 is 5.97 Å². The first kappa shape index (κ1) is 29.3. The number of aromatic nitrogens is 5. The molecule has 240 valence electrons. The molecule has 3 aliphatic rings. The molecule has 5 aromatic rings. The first-order chi connectivity index (χ1) is 23.0. The lowest BCUT2D eigenvalue weighted by atomic mass is 9.95. The van der Waals surface area contributed by atoms with E-state index in [1.54, 1.807) is 12.3 Å². The molecule has 0 saturated carbocycles. The summed E-state index contributed by atoms with van der Waals surface area (Å²) in [5.41, 5.74) is 10.3. The number of methoxy groups -OCH3 is 1. The summed E-state index contributed by atoms with van der Waals surface area (Å²) in [5.74, 6) is 1.58. The van der Waals surface area contributed by atoms with E-state index in [0.29, 0.717) is 23.6 Å². The van der Waals surface area contributed by atoms with E-state index in [0.717, 1.165) is 91.6 Å². The highest BCUT2D eigenvalue weighted by Crippen LogP contribution is 2.36.